The summed E-state index contributed by atoms with van der Waals surface area (Å²) >= 11 is 0. The third-order valence-corrected chi connectivity index (χ3v) is 12.5. The minimum Gasteiger partial charge on any atom is -0.309 e. The maximum absolute atomic E-state index is 5.00. The minimum atomic E-state index is -0.189. The van der Waals surface area contributed by atoms with E-state index in [1.165, 1.54) is 60.8 Å². The van der Waals surface area contributed by atoms with Crippen molar-refractivity contribution in [1.29, 1.82) is 0 Å². The van der Waals surface area contributed by atoms with E-state index in [4.69, 9.17) is 15.0 Å². The van der Waals surface area contributed by atoms with Crippen molar-refractivity contribution in [2.24, 2.45) is 0 Å². The number of benzene rings is 8. The molecule has 8 aromatic carbocycles. The largest absolute Gasteiger partial charge is 0.309 e. The third-order valence-electron chi connectivity index (χ3n) is 12.5. The van der Waals surface area contributed by atoms with Gasteiger partial charge < -0.3 is 9.13 Å². The molecule has 0 saturated heterocycles. The molecule has 0 aliphatic heterocycles. The number of hydrogen-bond donors (Lipinski definition) is 0. The van der Waals surface area contributed by atoms with Crippen molar-refractivity contribution in [3.05, 3.63) is 211 Å². The highest BCUT2D eigenvalue weighted by Crippen LogP contribution is 2.55. The number of fused-ring (bicyclic) bond motifs is 9. The van der Waals surface area contributed by atoms with Crippen LogP contribution in [-0.4, -0.2) is 24.1 Å². The van der Waals surface area contributed by atoms with Crippen LogP contribution in [0.25, 0.3) is 101 Å². The van der Waals surface area contributed by atoms with Crippen LogP contribution in [-0.2, 0) is 5.41 Å². The van der Waals surface area contributed by atoms with E-state index in [1.807, 2.05) is 60.7 Å². The van der Waals surface area contributed by atoms with Crippen LogP contribution < -0.4 is 0 Å². The lowest BCUT2D eigenvalue weighted by Gasteiger charge is -2.21. The van der Waals surface area contributed by atoms with Crippen molar-refractivity contribution < 1.29 is 0 Å². The van der Waals surface area contributed by atoms with E-state index in [-0.39, 0.29) is 5.41 Å². The SMILES string of the molecule is CC1(C)c2ccccc2-c2c1c1c3c4ccccc4n(-c4ccc(-c5cccc(-c6nc(-c7ccccc7)nc(-c7ccccc7)n6)c5)cc4)c3ccc1n2-c1ccccc1. The highest BCUT2D eigenvalue weighted by molar-refractivity contribution is 6.24. The molecule has 61 heavy (non-hydrogen) atoms. The molecule has 1 aliphatic rings. The van der Waals surface area contributed by atoms with E-state index in [2.05, 4.69) is 163 Å². The van der Waals surface area contributed by atoms with Gasteiger partial charge in [0.05, 0.1) is 22.2 Å². The number of hydrogen-bond acceptors (Lipinski definition) is 3. The summed E-state index contributed by atoms with van der Waals surface area (Å²) in [6.45, 7) is 4.78. The molecule has 0 unspecified atom stereocenters. The van der Waals surface area contributed by atoms with Gasteiger partial charge in [0.1, 0.15) is 0 Å². The molecule has 288 valence electrons. The Labute approximate surface area is 353 Å². The summed E-state index contributed by atoms with van der Waals surface area (Å²) in [7, 11) is 0. The van der Waals surface area contributed by atoms with Gasteiger partial charge in [0.2, 0.25) is 0 Å². The van der Waals surface area contributed by atoms with Crippen molar-refractivity contribution in [3.63, 3.8) is 0 Å². The lowest BCUT2D eigenvalue weighted by Crippen LogP contribution is -2.14. The predicted octanol–water partition coefficient (Wildman–Crippen LogP) is 13.9. The molecule has 5 nitrogen and oxygen atoms in total. The number of para-hydroxylation sites is 2. The molecule has 5 heteroatoms. The molecule has 0 bridgehead atoms. The Morgan fingerprint density at radius 3 is 1.59 bits per heavy atom. The van der Waals surface area contributed by atoms with Crippen LogP contribution in [0, 0.1) is 0 Å². The van der Waals surface area contributed by atoms with E-state index in [9.17, 15) is 0 Å². The Morgan fingerprint density at radius 2 is 0.902 bits per heavy atom. The van der Waals surface area contributed by atoms with Gasteiger partial charge in [0.25, 0.3) is 0 Å². The molecule has 3 aromatic heterocycles. The van der Waals surface area contributed by atoms with Gasteiger partial charge in [-0.3, -0.25) is 0 Å². The summed E-state index contributed by atoms with van der Waals surface area (Å²) in [5, 5.41) is 3.87. The Kier molecular flexibility index (Phi) is 7.81. The standard InChI is InChI=1S/C56H39N5/c1-56(2)45-27-14-12-25-43(45)52-51(56)50-48(61(52)41-23-10-5-11-24-41)34-33-47-49(50)44-26-13-15-28-46(44)60(47)42-31-29-36(30-32-42)39-21-16-22-40(35-39)55-58-53(37-17-6-3-7-18-37)57-54(59-55)38-19-8-4-9-20-38/h3-35H,1-2H3. The Hall–Kier alpha value is -7.89. The lowest BCUT2D eigenvalue weighted by atomic mass is 9.81. The van der Waals surface area contributed by atoms with Crippen LogP contribution >= 0.6 is 0 Å². The molecule has 12 rings (SSSR count). The Balaban J connectivity index is 0.999. The molecule has 0 fully saturated rings. The number of rotatable bonds is 6. The van der Waals surface area contributed by atoms with E-state index in [1.54, 1.807) is 0 Å². The van der Waals surface area contributed by atoms with Crippen LogP contribution in [0.15, 0.2) is 200 Å². The normalized spacial score (nSPS) is 12.9. The quantitative estimate of drug-likeness (QED) is 0.169. The first-order valence-corrected chi connectivity index (χ1v) is 20.9. The van der Waals surface area contributed by atoms with Crippen LogP contribution in [0.1, 0.15) is 25.0 Å². The van der Waals surface area contributed by atoms with Crippen molar-refractivity contribution in [1.82, 2.24) is 24.1 Å². The minimum absolute atomic E-state index is 0.189. The summed E-state index contributed by atoms with van der Waals surface area (Å²) in [6, 6.07) is 71.0. The highest BCUT2D eigenvalue weighted by atomic mass is 15.0. The van der Waals surface area contributed by atoms with E-state index < -0.39 is 0 Å². The zero-order valence-corrected chi connectivity index (χ0v) is 33.8. The first-order valence-electron chi connectivity index (χ1n) is 20.9. The molecule has 11 aromatic rings. The van der Waals surface area contributed by atoms with Gasteiger partial charge >= 0.3 is 0 Å². The fraction of sp³-hybridized carbons (Fsp3) is 0.0536. The maximum atomic E-state index is 5.00. The molecule has 0 amide bonds. The third kappa shape index (κ3) is 5.44. The topological polar surface area (TPSA) is 48.5 Å². The summed E-state index contributed by atoms with van der Waals surface area (Å²) in [5.41, 5.74) is 16.1. The van der Waals surface area contributed by atoms with Crippen molar-refractivity contribution in [2.75, 3.05) is 0 Å². The molecule has 0 saturated carbocycles. The first-order chi connectivity index (χ1) is 30.0. The fourth-order valence-electron chi connectivity index (χ4n) is 9.77. The summed E-state index contributed by atoms with van der Waals surface area (Å²) in [5.74, 6) is 1.94. The highest BCUT2D eigenvalue weighted by Gasteiger charge is 2.41. The number of aromatic nitrogens is 5. The van der Waals surface area contributed by atoms with Crippen molar-refractivity contribution >= 4 is 32.7 Å². The monoisotopic (exact) mass is 781 g/mol. The molecule has 0 spiro atoms. The summed E-state index contributed by atoms with van der Waals surface area (Å²) in [6.07, 6.45) is 0. The second-order valence-electron chi connectivity index (χ2n) is 16.4. The van der Waals surface area contributed by atoms with Crippen LogP contribution in [0.5, 0.6) is 0 Å². The average Bonchev–Trinajstić information content (AvgIpc) is 3.94. The first kappa shape index (κ1) is 35.1. The van der Waals surface area contributed by atoms with Gasteiger partial charge in [-0.15, -0.1) is 0 Å². The van der Waals surface area contributed by atoms with Crippen molar-refractivity contribution in [2.45, 2.75) is 19.3 Å². The molecule has 1 aliphatic carbocycles. The lowest BCUT2D eigenvalue weighted by molar-refractivity contribution is 0.666. The van der Waals surface area contributed by atoms with Gasteiger partial charge in [-0.25, -0.2) is 15.0 Å². The zero-order valence-electron chi connectivity index (χ0n) is 33.8. The van der Waals surface area contributed by atoms with Gasteiger partial charge in [0.15, 0.2) is 17.5 Å². The van der Waals surface area contributed by atoms with Gasteiger partial charge in [-0.1, -0.05) is 166 Å². The Bertz CT molecular complexity index is 3410. The molecular weight excluding hydrogens is 743 g/mol. The molecule has 0 radical (unpaired) electrons. The van der Waals surface area contributed by atoms with Gasteiger partial charge in [-0.05, 0) is 70.8 Å². The average molecular weight is 782 g/mol. The maximum Gasteiger partial charge on any atom is 0.164 e. The van der Waals surface area contributed by atoms with Crippen LogP contribution in [0.3, 0.4) is 0 Å². The van der Waals surface area contributed by atoms with E-state index in [0.29, 0.717) is 17.5 Å². The van der Waals surface area contributed by atoms with Gasteiger partial charge in [-0.2, -0.15) is 0 Å². The molecule has 0 atom stereocenters. The smallest absolute Gasteiger partial charge is 0.164 e. The van der Waals surface area contributed by atoms with Crippen LogP contribution in [0.2, 0.25) is 0 Å². The zero-order chi connectivity index (χ0) is 40.7. The predicted molar refractivity (Wildman–Crippen MR) is 250 cm³/mol. The number of nitrogens with zero attached hydrogens (tertiary/aromatic N) is 5. The fourth-order valence-corrected chi connectivity index (χ4v) is 9.77. The van der Waals surface area contributed by atoms with Gasteiger partial charge in [0, 0.05) is 55.2 Å². The second-order valence-corrected chi connectivity index (χ2v) is 16.4. The van der Waals surface area contributed by atoms with Crippen LogP contribution in [0.4, 0.5) is 0 Å². The molecular formula is C56H39N5. The summed E-state index contributed by atoms with van der Waals surface area (Å²) < 4.78 is 4.93. The molecule has 3 heterocycles. The van der Waals surface area contributed by atoms with E-state index in [0.717, 1.165) is 33.5 Å². The Morgan fingerprint density at radius 1 is 0.377 bits per heavy atom. The summed E-state index contributed by atoms with van der Waals surface area (Å²) in [4.78, 5) is 14.9. The van der Waals surface area contributed by atoms with Crippen molar-refractivity contribution in [3.8, 4) is 67.9 Å². The van der Waals surface area contributed by atoms with E-state index >= 15 is 0 Å². The molecule has 0 N–H and O–H groups in total. The second kappa shape index (κ2) is 13.6.